The van der Waals surface area contributed by atoms with Crippen molar-refractivity contribution in [1.82, 2.24) is 0 Å². The van der Waals surface area contributed by atoms with Gasteiger partial charge in [0.05, 0.1) is 10.7 Å². The average molecular weight is 310 g/mol. The molecular formula is C14H13Cl2N3O. The summed E-state index contributed by atoms with van der Waals surface area (Å²) in [4.78, 5) is 11.9. The third-order valence-corrected chi connectivity index (χ3v) is 3.38. The first-order valence-electron chi connectivity index (χ1n) is 5.85. The van der Waals surface area contributed by atoms with Crippen LogP contribution in [0.15, 0.2) is 36.4 Å². The lowest BCUT2D eigenvalue weighted by Crippen LogP contribution is -2.19. The SMILES string of the molecule is Cc1cc(Cl)c(NC(=O)Nc2ccc(N)cc2)cc1Cl. The van der Waals surface area contributed by atoms with Crippen molar-refractivity contribution in [3.8, 4) is 0 Å². The van der Waals surface area contributed by atoms with Crippen molar-refractivity contribution in [2.75, 3.05) is 16.4 Å². The molecule has 0 unspecified atom stereocenters. The minimum Gasteiger partial charge on any atom is -0.399 e. The van der Waals surface area contributed by atoms with Crippen molar-refractivity contribution >= 4 is 46.3 Å². The highest BCUT2D eigenvalue weighted by atomic mass is 35.5. The molecule has 4 nitrogen and oxygen atoms in total. The van der Waals surface area contributed by atoms with Gasteiger partial charge in [-0.15, -0.1) is 0 Å². The second-order valence-corrected chi connectivity index (χ2v) is 5.10. The number of nitrogen functional groups attached to an aromatic ring is 1. The van der Waals surface area contributed by atoms with E-state index in [4.69, 9.17) is 28.9 Å². The lowest BCUT2D eigenvalue weighted by molar-refractivity contribution is 0.262. The zero-order chi connectivity index (χ0) is 14.7. The van der Waals surface area contributed by atoms with E-state index in [2.05, 4.69) is 10.6 Å². The highest BCUT2D eigenvalue weighted by Crippen LogP contribution is 2.28. The summed E-state index contributed by atoms with van der Waals surface area (Å²) >= 11 is 12.1. The Kier molecular flexibility index (Phi) is 4.37. The monoisotopic (exact) mass is 309 g/mol. The maximum absolute atomic E-state index is 11.9. The maximum Gasteiger partial charge on any atom is 0.323 e. The van der Waals surface area contributed by atoms with Crippen LogP contribution in [0.4, 0.5) is 21.9 Å². The molecule has 0 aliphatic carbocycles. The maximum atomic E-state index is 11.9. The van der Waals surface area contributed by atoms with Gasteiger partial charge in [-0.25, -0.2) is 4.79 Å². The lowest BCUT2D eigenvalue weighted by atomic mass is 10.2. The quantitative estimate of drug-likeness (QED) is 0.713. The fourth-order valence-corrected chi connectivity index (χ4v) is 2.02. The lowest BCUT2D eigenvalue weighted by Gasteiger charge is -2.10. The molecule has 0 fully saturated rings. The number of nitrogens with two attached hydrogens (primary N) is 1. The van der Waals surface area contributed by atoms with E-state index in [0.29, 0.717) is 27.1 Å². The Labute approximate surface area is 126 Å². The number of urea groups is 1. The summed E-state index contributed by atoms with van der Waals surface area (Å²) in [6.45, 7) is 1.84. The first-order chi connectivity index (χ1) is 9.45. The first-order valence-corrected chi connectivity index (χ1v) is 6.60. The molecular weight excluding hydrogens is 297 g/mol. The molecule has 2 rings (SSSR count). The number of aryl methyl sites for hydroxylation is 1. The Bertz CT molecular complexity index is 642. The van der Waals surface area contributed by atoms with Crippen molar-refractivity contribution in [3.63, 3.8) is 0 Å². The molecule has 0 aliphatic rings. The van der Waals surface area contributed by atoms with Gasteiger partial charge in [-0.3, -0.25) is 0 Å². The number of benzene rings is 2. The van der Waals surface area contributed by atoms with Crippen molar-refractivity contribution in [1.29, 1.82) is 0 Å². The third kappa shape index (κ3) is 3.56. The van der Waals surface area contributed by atoms with Crippen LogP contribution < -0.4 is 16.4 Å². The van der Waals surface area contributed by atoms with Gasteiger partial charge < -0.3 is 16.4 Å². The molecule has 0 saturated heterocycles. The largest absolute Gasteiger partial charge is 0.399 e. The number of hydrogen-bond donors (Lipinski definition) is 3. The molecule has 0 saturated carbocycles. The Morgan fingerprint density at radius 3 is 2.35 bits per heavy atom. The van der Waals surface area contributed by atoms with Crippen LogP contribution in [-0.2, 0) is 0 Å². The third-order valence-electron chi connectivity index (χ3n) is 2.67. The number of carbonyl (C=O) groups is 1. The fraction of sp³-hybridized carbons (Fsp3) is 0.0714. The summed E-state index contributed by atoms with van der Waals surface area (Å²) in [5.74, 6) is 0. The van der Waals surface area contributed by atoms with Crippen molar-refractivity contribution in [2.45, 2.75) is 6.92 Å². The average Bonchev–Trinajstić information content (AvgIpc) is 2.39. The van der Waals surface area contributed by atoms with Gasteiger partial charge in [-0.05, 0) is 48.9 Å². The topological polar surface area (TPSA) is 67.2 Å². The molecule has 0 aromatic heterocycles. The van der Waals surface area contributed by atoms with E-state index in [1.54, 1.807) is 36.4 Å². The van der Waals surface area contributed by atoms with Crippen molar-refractivity contribution in [3.05, 3.63) is 52.0 Å². The molecule has 0 radical (unpaired) electrons. The van der Waals surface area contributed by atoms with Gasteiger partial charge in [0.25, 0.3) is 0 Å². The fourth-order valence-electron chi connectivity index (χ4n) is 1.59. The van der Waals surface area contributed by atoms with E-state index >= 15 is 0 Å². The number of amides is 2. The highest BCUT2D eigenvalue weighted by Gasteiger charge is 2.08. The summed E-state index contributed by atoms with van der Waals surface area (Å²) in [6, 6.07) is 9.72. The first kappa shape index (κ1) is 14.5. The molecule has 104 valence electrons. The molecule has 0 aliphatic heterocycles. The second kappa shape index (κ2) is 6.03. The van der Waals surface area contributed by atoms with Gasteiger partial charge in [-0.1, -0.05) is 23.2 Å². The number of nitrogens with one attached hydrogen (secondary N) is 2. The molecule has 0 atom stereocenters. The van der Waals surface area contributed by atoms with Gasteiger partial charge in [-0.2, -0.15) is 0 Å². The molecule has 2 aromatic carbocycles. The highest BCUT2D eigenvalue weighted by molar-refractivity contribution is 6.36. The summed E-state index contributed by atoms with van der Waals surface area (Å²) < 4.78 is 0. The molecule has 0 heterocycles. The summed E-state index contributed by atoms with van der Waals surface area (Å²) in [5, 5.41) is 6.28. The van der Waals surface area contributed by atoms with Gasteiger partial charge >= 0.3 is 6.03 Å². The molecule has 2 amide bonds. The van der Waals surface area contributed by atoms with E-state index in [1.807, 2.05) is 6.92 Å². The minimum absolute atomic E-state index is 0.406. The normalized spacial score (nSPS) is 10.2. The van der Waals surface area contributed by atoms with E-state index < -0.39 is 6.03 Å². The van der Waals surface area contributed by atoms with Gasteiger partial charge in [0.2, 0.25) is 0 Å². The van der Waals surface area contributed by atoms with Crippen LogP contribution >= 0.6 is 23.2 Å². The molecule has 6 heteroatoms. The summed E-state index contributed by atoms with van der Waals surface area (Å²) in [7, 11) is 0. The number of halogens is 2. The number of carbonyl (C=O) groups excluding carboxylic acids is 1. The summed E-state index contributed by atoms with van der Waals surface area (Å²) in [6.07, 6.45) is 0. The van der Waals surface area contributed by atoms with Gasteiger partial charge in [0, 0.05) is 16.4 Å². The van der Waals surface area contributed by atoms with Crippen LogP contribution in [0.5, 0.6) is 0 Å². The number of rotatable bonds is 2. The van der Waals surface area contributed by atoms with E-state index in [9.17, 15) is 4.79 Å². The van der Waals surface area contributed by atoms with E-state index in [1.165, 1.54) is 0 Å². The second-order valence-electron chi connectivity index (χ2n) is 4.28. The van der Waals surface area contributed by atoms with Gasteiger partial charge in [0.1, 0.15) is 0 Å². The van der Waals surface area contributed by atoms with Crippen LogP contribution in [0.3, 0.4) is 0 Å². The van der Waals surface area contributed by atoms with Crippen LogP contribution in [0.2, 0.25) is 10.0 Å². The van der Waals surface area contributed by atoms with Crippen LogP contribution in [0, 0.1) is 6.92 Å². The molecule has 4 N–H and O–H groups in total. The van der Waals surface area contributed by atoms with Crippen LogP contribution in [-0.4, -0.2) is 6.03 Å². The summed E-state index contributed by atoms with van der Waals surface area (Å²) in [5.41, 5.74) is 8.13. The standard InChI is InChI=1S/C14H13Cl2N3O/c1-8-6-12(16)13(7-11(8)15)19-14(20)18-10-4-2-9(17)3-5-10/h2-7H,17H2,1H3,(H2,18,19,20). The number of hydrogen-bond acceptors (Lipinski definition) is 2. The van der Waals surface area contributed by atoms with Crippen LogP contribution in [0.1, 0.15) is 5.56 Å². The molecule has 2 aromatic rings. The molecule has 0 spiro atoms. The Morgan fingerprint density at radius 1 is 1.05 bits per heavy atom. The Hall–Kier alpha value is -1.91. The molecule has 20 heavy (non-hydrogen) atoms. The smallest absolute Gasteiger partial charge is 0.323 e. The van der Waals surface area contributed by atoms with Crippen molar-refractivity contribution < 1.29 is 4.79 Å². The Morgan fingerprint density at radius 2 is 1.70 bits per heavy atom. The number of anilines is 3. The van der Waals surface area contributed by atoms with Gasteiger partial charge in [0.15, 0.2) is 0 Å². The predicted molar refractivity (Wildman–Crippen MR) is 84.7 cm³/mol. The zero-order valence-corrected chi connectivity index (χ0v) is 12.2. The Balaban J connectivity index is 2.08. The zero-order valence-electron chi connectivity index (χ0n) is 10.7. The van der Waals surface area contributed by atoms with Crippen molar-refractivity contribution in [2.24, 2.45) is 0 Å². The molecule has 0 bridgehead atoms. The minimum atomic E-state index is -0.406. The van der Waals surface area contributed by atoms with E-state index in [-0.39, 0.29) is 0 Å². The predicted octanol–water partition coefficient (Wildman–Crippen LogP) is 4.53. The van der Waals surface area contributed by atoms with Crippen LogP contribution in [0.25, 0.3) is 0 Å². The van der Waals surface area contributed by atoms with E-state index in [0.717, 1.165) is 5.56 Å².